The quantitative estimate of drug-likeness (QED) is 0.690. The number of carbonyl (C=O) groups is 1. The molecule has 0 radical (unpaired) electrons. The summed E-state index contributed by atoms with van der Waals surface area (Å²) in [5, 5.41) is 2.92. The largest absolute Gasteiger partial charge is 0.495 e. The third-order valence-corrected chi connectivity index (χ3v) is 8.44. The van der Waals surface area contributed by atoms with Crippen molar-refractivity contribution < 1.29 is 22.4 Å². The highest BCUT2D eigenvalue weighted by Crippen LogP contribution is 2.30. The van der Waals surface area contributed by atoms with Crippen LogP contribution < -0.4 is 10.1 Å². The van der Waals surface area contributed by atoms with Gasteiger partial charge in [0.25, 0.3) is 5.91 Å². The van der Waals surface area contributed by atoms with Gasteiger partial charge in [-0.25, -0.2) is 8.42 Å². The van der Waals surface area contributed by atoms with Gasteiger partial charge in [0.2, 0.25) is 10.0 Å². The van der Waals surface area contributed by atoms with Gasteiger partial charge >= 0.3 is 0 Å². The van der Waals surface area contributed by atoms with E-state index in [9.17, 15) is 13.2 Å². The summed E-state index contributed by atoms with van der Waals surface area (Å²) in [4.78, 5) is 15.5. The number of hydrogen-bond acceptors (Lipinski definition) is 5. The van der Waals surface area contributed by atoms with Crippen molar-refractivity contribution in [2.45, 2.75) is 24.2 Å². The molecule has 4 fully saturated rings. The first-order valence-corrected chi connectivity index (χ1v) is 11.9. The van der Waals surface area contributed by atoms with Crippen molar-refractivity contribution in [1.82, 2.24) is 9.21 Å². The summed E-state index contributed by atoms with van der Waals surface area (Å²) in [6.07, 6.45) is 2.83. The Labute approximate surface area is 173 Å². The molecule has 4 heterocycles. The normalized spacial score (nSPS) is 27.6. The van der Waals surface area contributed by atoms with Gasteiger partial charge in [-0.1, -0.05) is 6.42 Å². The molecule has 1 aromatic rings. The minimum Gasteiger partial charge on any atom is -0.495 e. The van der Waals surface area contributed by atoms with Crippen molar-refractivity contribution in [3.05, 3.63) is 18.2 Å². The van der Waals surface area contributed by atoms with Gasteiger partial charge in [0.1, 0.15) is 5.75 Å². The van der Waals surface area contributed by atoms with Crippen LogP contribution in [0.15, 0.2) is 23.1 Å². The highest BCUT2D eigenvalue weighted by molar-refractivity contribution is 7.89. The second kappa shape index (κ2) is 8.22. The second-order valence-corrected chi connectivity index (χ2v) is 10.3. The number of methoxy groups -OCH3 is 1. The van der Waals surface area contributed by atoms with Crippen LogP contribution in [0.5, 0.6) is 5.75 Å². The van der Waals surface area contributed by atoms with E-state index in [0.717, 1.165) is 63.0 Å². The lowest BCUT2D eigenvalue weighted by Crippen LogP contribution is -2.68. The van der Waals surface area contributed by atoms with Gasteiger partial charge in [0.05, 0.1) is 37.3 Å². The summed E-state index contributed by atoms with van der Waals surface area (Å²) in [5.74, 6) is 0.380. The van der Waals surface area contributed by atoms with Crippen LogP contribution in [-0.2, 0) is 14.8 Å². The Morgan fingerprint density at radius 2 is 1.72 bits per heavy atom. The van der Waals surface area contributed by atoms with Gasteiger partial charge in [-0.15, -0.1) is 0 Å². The smallest absolute Gasteiger partial charge is 0.279 e. The van der Waals surface area contributed by atoms with Gasteiger partial charge < -0.3 is 14.5 Å². The molecule has 4 aliphatic rings. The van der Waals surface area contributed by atoms with Gasteiger partial charge in [0.15, 0.2) is 6.54 Å². The number of nitrogens with one attached hydrogen (secondary N) is 1. The molecule has 9 heteroatoms. The van der Waals surface area contributed by atoms with E-state index in [1.165, 1.54) is 17.5 Å². The van der Waals surface area contributed by atoms with Crippen LogP contribution in [0.25, 0.3) is 0 Å². The molecule has 0 atom stereocenters. The van der Waals surface area contributed by atoms with E-state index >= 15 is 0 Å². The number of ether oxygens (including phenoxy) is 1. The van der Waals surface area contributed by atoms with E-state index in [0.29, 0.717) is 31.1 Å². The van der Waals surface area contributed by atoms with Gasteiger partial charge in [-0.3, -0.25) is 9.69 Å². The number of rotatable bonds is 6. The van der Waals surface area contributed by atoms with Crippen LogP contribution >= 0.6 is 0 Å². The maximum Gasteiger partial charge on any atom is 0.279 e. The van der Waals surface area contributed by atoms with Crippen molar-refractivity contribution in [1.29, 1.82) is 0 Å². The standard InChI is InChI=1S/C20H30N4O4S/c1-28-19-6-5-17(29(26,27)23-7-3-2-4-8-23)15-18(19)21-20(25)16-24-12-9-22(10-13-24)11-14-24/h5-6,15H,2-4,7-14,16H2,1H3/p+1. The first-order chi connectivity index (χ1) is 13.9. The summed E-state index contributed by atoms with van der Waals surface area (Å²) in [6, 6.07) is 4.72. The Hall–Kier alpha value is -1.68. The molecule has 2 bridgehead atoms. The van der Waals surface area contributed by atoms with Crippen molar-refractivity contribution >= 4 is 21.6 Å². The lowest BCUT2D eigenvalue weighted by molar-refractivity contribution is -0.933. The van der Waals surface area contributed by atoms with E-state index in [2.05, 4.69) is 10.2 Å². The fourth-order valence-corrected chi connectivity index (χ4v) is 6.21. The molecule has 0 saturated carbocycles. The summed E-state index contributed by atoms with van der Waals surface area (Å²) in [6.45, 7) is 7.62. The van der Waals surface area contributed by atoms with Crippen molar-refractivity contribution in [3.8, 4) is 5.75 Å². The molecule has 4 saturated heterocycles. The fraction of sp³-hybridized carbons (Fsp3) is 0.650. The van der Waals surface area contributed by atoms with Crippen LogP contribution in [0.2, 0.25) is 0 Å². The Morgan fingerprint density at radius 1 is 1.07 bits per heavy atom. The Kier molecular flexibility index (Phi) is 5.83. The van der Waals surface area contributed by atoms with Crippen LogP contribution in [0.1, 0.15) is 19.3 Å². The number of anilines is 1. The number of fused-ring (bicyclic) bond motifs is 3. The van der Waals surface area contributed by atoms with E-state index in [4.69, 9.17) is 4.74 Å². The molecule has 160 valence electrons. The van der Waals surface area contributed by atoms with E-state index in [1.54, 1.807) is 12.1 Å². The number of hydrogen-bond donors (Lipinski definition) is 1. The Balaban J connectivity index is 1.51. The molecule has 29 heavy (non-hydrogen) atoms. The SMILES string of the molecule is COc1ccc(S(=O)(=O)N2CCCCC2)cc1NC(=O)C[N+]12CCN(CC1)CC2. The topological polar surface area (TPSA) is 79.0 Å². The van der Waals surface area contributed by atoms with Gasteiger partial charge in [-0.05, 0) is 31.0 Å². The molecule has 1 aromatic carbocycles. The highest BCUT2D eigenvalue weighted by Gasteiger charge is 2.40. The Bertz CT molecular complexity index is 845. The zero-order valence-electron chi connectivity index (χ0n) is 17.1. The number of quaternary nitrogens is 1. The minimum atomic E-state index is -3.57. The number of piperazine rings is 3. The minimum absolute atomic E-state index is 0.0915. The second-order valence-electron chi connectivity index (χ2n) is 8.39. The summed E-state index contributed by atoms with van der Waals surface area (Å²) in [5.41, 5.74) is 0.421. The predicted molar refractivity (Wildman–Crippen MR) is 110 cm³/mol. The monoisotopic (exact) mass is 423 g/mol. The third kappa shape index (κ3) is 4.28. The summed E-state index contributed by atoms with van der Waals surface area (Å²) < 4.78 is 33.7. The fourth-order valence-electron chi connectivity index (χ4n) is 4.66. The first-order valence-electron chi connectivity index (χ1n) is 10.5. The molecule has 0 aromatic heterocycles. The van der Waals surface area contributed by atoms with Crippen LogP contribution in [0.4, 0.5) is 5.69 Å². The molecule has 4 aliphatic heterocycles. The average molecular weight is 424 g/mol. The van der Waals surface area contributed by atoms with Crippen molar-refractivity contribution in [2.24, 2.45) is 0 Å². The zero-order valence-corrected chi connectivity index (χ0v) is 17.9. The molecule has 0 aliphatic carbocycles. The van der Waals surface area contributed by atoms with Crippen LogP contribution in [0, 0.1) is 0 Å². The lowest BCUT2D eigenvalue weighted by Gasteiger charge is -2.50. The molecular weight excluding hydrogens is 392 g/mol. The van der Waals surface area contributed by atoms with Gasteiger partial charge in [-0.2, -0.15) is 4.31 Å². The van der Waals surface area contributed by atoms with Crippen molar-refractivity contribution in [3.63, 3.8) is 0 Å². The maximum absolute atomic E-state index is 13.0. The first kappa shape index (κ1) is 20.6. The number of nitrogens with zero attached hydrogens (tertiary/aromatic N) is 3. The van der Waals surface area contributed by atoms with Gasteiger partial charge in [0, 0.05) is 32.7 Å². The number of benzene rings is 1. The number of amides is 1. The number of carbonyl (C=O) groups excluding carboxylic acids is 1. The van der Waals surface area contributed by atoms with E-state index in [1.807, 2.05) is 0 Å². The molecular formula is C20H31N4O4S+. The van der Waals surface area contributed by atoms with Crippen LogP contribution in [-0.4, -0.2) is 94.0 Å². The summed E-state index contributed by atoms with van der Waals surface area (Å²) >= 11 is 0. The van der Waals surface area contributed by atoms with Crippen LogP contribution in [0.3, 0.4) is 0 Å². The lowest BCUT2D eigenvalue weighted by atomic mass is 10.1. The van der Waals surface area contributed by atoms with Crippen molar-refractivity contribution in [2.75, 3.05) is 71.3 Å². The zero-order chi connectivity index (χ0) is 20.5. The van der Waals surface area contributed by atoms with E-state index < -0.39 is 10.0 Å². The van der Waals surface area contributed by atoms with E-state index in [-0.39, 0.29) is 10.8 Å². The highest BCUT2D eigenvalue weighted by atomic mass is 32.2. The average Bonchev–Trinajstić information content (AvgIpc) is 2.75. The molecule has 5 rings (SSSR count). The molecule has 1 amide bonds. The Morgan fingerprint density at radius 3 is 2.34 bits per heavy atom. The molecule has 0 unspecified atom stereocenters. The molecule has 8 nitrogen and oxygen atoms in total. The molecule has 0 spiro atoms. The predicted octanol–water partition coefficient (Wildman–Crippen LogP) is 0.954. The maximum atomic E-state index is 13.0. The summed E-state index contributed by atoms with van der Waals surface area (Å²) in [7, 11) is -2.04. The number of piperidine rings is 1. The molecule has 1 N–H and O–H groups in total. The number of sulfonamides is 1. The third-order valence-electron chi connectivity index (χ3n) is 6.55.